The van der Waals surface area contributed by atoms with Crippen molar-refractivity contribution < 1.29 is 17.9 Å². The molecule has 0 unspecified atom stereocenters. The Balaban J connectivity index is 1.33. The van der Waals surface area contributed by atoms with E-state index in [0.29, 0.717) is 30.3 Å². The summed E-state index contributed by atoms with van der Waals surface area (Å²) in [6, 6.07) is 5.47. The van der Waals surface area contributed by atoms with Gasteiger partial charge in [0.25, 0.3) is 0 Å². The largest absolute Gasteiger partial charge is 0.446 e. The van der Waals surface area contributed by atoms with E-state index >= 15 is 0 Å². The number of H-pyrrole nitrogens is 1. The Labute approximate surface area is 181 Å². The first-order valence-corrected chi connectivity index (χ1v) is 12.2. The summed E-state index contributed by atoms with van der Waals surface area (Å²) in [5.74, 6) is 1.64. The second-order valence-electron chi connectivity index (χ2n) is 8.31. The molecule has 4 rings (SSSR count). The van der Waals surface area contributed by atoms with Gasteiger partial charge in [-0.3, -0.25) is 9.40 Å². The molecule has 1 aliphatic heterocycles. The molecule has 3 heterocycles. The molecule has 2 fully saturated rings. The summed E-state index contributed by atoms with van der Waals surface area (Å²) in [5.41, 5.74) is 1.56. The Hall–Kier alpha value is -2.82. The van der Waals surface area contributed by atoms with Crippen LogP contribution in [0.5, 0.6) is 0 Å². The number of hydrogen-bond donors (Lipinski definition) is 3. The van der Waals surface area contributed by atoms with Crippen LogP contribution in [-0.2, 0) is 14.8 Å². The normalized spacial score (nSPS) is 22.6. The first kappa shape index (κ1) is 21.4. The highest BCUT2D eigenvalue weighted by Crippen LogP contribution is 2.36. The predicted octanol–water partition coefficient (Wildman–Crippen LogP) is 2.86. The number of aromatic nitrogens is 3. The van der Waals surface area contributed by atoms with Crippen molar-refractivity contribution >= 4 is 33.4 Å². The molecule has 11 heteroatoms. The van der Waals surface area contributed by atoms with Crippen LogP contribution in [0.15, 0.2) is 24.4 Å². The summed E-state index contributed by atoms with van der Waals surface area (Å²) in [6.07, 6.45) is 4.21. The predicted molar refractivity (Wildman–Crippen MR) is 117 cm³/mol. The summed E-state index contributed by atoms with van der Waals surface area (Å²) in [6.45, 7) is 4.29. The molecule has 1 saturated heterocycles. The molecule has 2 atom stereocenters. The van der Waals surface area contributed by atoms with Crippen LogP contribution in [0.3, 0.4) is 0 Å². The minimum atomic E-state index is -3.22. The van der Waals surface area contributed by atoms with Crippen LogP contribution >= 0.6 is 0 Å². The van der Waals surface area contributed by atoms with Gasteiger partial charge in [0, 0.05) is 30.3 Å². The molecule has 168 valence electrons. The van der Waals surface area contributed by atoms with E-state index in [1.165, 1.54) is 4.31 Å². The molecule has 1 amide bonds. The van der Waals surface area contributed by atoms with Gasteiger partial charge in [0.2, 0.25) is 10.0 Å². The molecular formula is C20H28N6O4S. The first-order chi connectivity index (χ1) is 14.8. The second-order valence-corrected chi connectivity index (χ2v) is 10.3. The molecule has 31 heavy (non-hydrogen) atoms. The smallest absolute Gasteiger partial charge is 0.407 e. The lowest BCUT2D eigenvalue weighted by Gasteiger charge is -2.16. The molecule has 2 aromatic rings. The summed E-state index contributed by atoms with van der Waals surface area (Å²) < 4.78 is 31.0. The Kier molecular flexibility index (Phi) is 6.03. The number of carbonyl (C=O) groups is 1. The van der Waals surface area contributed by atoms with Gasteiger partial charge in [-0.15, -0.1) is 0 Å². The van der Waals surface area contributed by atoms with Crippen LogP contribution in [0.25, 0.3) is 0 Å². The lowest BCUT2D eigenvalue weighted by Crippen LogP contribution is -2.33. The molecule has 2 aliphatic rings. The fraction of sp³-hybridized carbons (Fsp3) is 0.550. The van der Waals surface area contributed by atoms with Crippen molar-refractivity contribution in [2.75, 3.05) is 21.9 Å². The van der Waals surface area contributed by atoms with Gasteiger partial charge in [0.05, 0.1) is 17.6 Å². The minimum absolute atomic E-state index is 0.0494. The maximum Gasteiger partial charge on any atom is 0.407 e. The van der Waals surface area contributed by atoms with Crippen molar-refractivity contribution in [1.82, 2.24) is 20.5 Å². The van der Waals surface area contributed by atoms with Crippen LogP contribution in [0, 0.1) is 0 Å². The van der Waals surface area contributed by atoms with E-state index in [0.717, 1.165) is 25.0 Å². The number of aromatic amines is 1. The zero-order valence-electron chi connectivity index (χ0n) is 17.7. The van der Waals surface area contributed by atoms with Gasteiger partial charge in [-0.2, -0.15) is 5.10 Å². The molecule has 1 saturated carbocycles. The van der Waals surface area contributed by atoms with Crippen molar-refractivity contribution in [3.8, 4) is 0 Å². The fourth-order valence-electron chi connectivity index (χ4n) is 4.03. The van der Waals surface area contributed by atoms with Crippen molar-refractivity contribution in [3.05, 3.63) is 30.1 Å². The average molecular weight is 449 g/mol. The van der Waals surface area contributed by atoms with E-state index < -0.39 is 10.0 Å². The molecule has 0 radical (unpaired) electrons. The van der Waals surface area contributed by atoms with Crippen LogP contribution in [-0.4, -0.2) is 54.1 Å². The topological polar surface area (TPSA) is 129 Å². The fourth-order valence-corrected chi connectivity index (χ4v) is 5.58. The summed E-state index contributed by atoms with van der Waals surface area (Å²) in [5, 5.41) is 13.2. The Bertz CT molecular complexity index is 1020. The maximum absolute atomic E-state index is 12.0. The first-order valence-electron chi connectivity index (χ1n) is 10.6. The number of sulfonamides is 1. The number of rotatable bonds is 6. The molecule has 0 spiro atoms. The summed E-state index contributed by atoms with van der Waals surface area (Å²) in [4.78, 5) is 16.1. The van der Waals surface area contributed by atoms with E-state index in [-0.39, 0.29) is 29.9 Å². The van der Waals surface area contributed by atoms with Crippen molar-refractivity contribution in [2.24, 2.45) is 0 Å². The lowest BCUT2D eigenvalue weighted by molar-refractivity contribution is 0.0981. The standard InChI is InChI=1S/C20H28N6O4S/c1-13(2)22-20(27)30-16-6-4-14(10-16)17-11-19(25-24-17)23-18-7-5-15(12-21-18)26-8-3-9-31(26,28)29/h5,7,11-14,16H,3-4,6,8-10H2,1-2H3,(H,22,27)(H2,21,23,24,25)/t14-,16+/m1/s1. The molecular weight excluding hydrogens is 420 g/mol. The number of ether oxygens (including phenoxy) is 1. The van der Waals surface area contributed by atoms with Crippen molar-refractivity contribution in [2.45, 2.75) is 57.6 Å². The number of nitrogens with zero attached hydrogens (tertiary/aromatic N) is 3. The van der Waals surface area contributed by atoms with Gasteiger partial charge in [-0.1, -0.05) is 0 Å². The monoisotopic (exact) mass is 448 g/mol. The Morgan fingerprint density at radius 2 is 2.13 bits per heavy atom. The molecule has 1 aliphatic carbocycles. The number of alkyl carbamates (subject to hydrolysis) is 1. The third-order valence-corrected chi connectivity index (χ3v) is 7.36. The number of anilines is 3. The number of amides is 1. The Morgan fingerprint density at radius 1 is 1.29 bits per heavy atom. The number of nitrogens with one attached hydrogen (secondary N) is 3. The molecule has 3 N–H and O–H groups in total. The van der Waals surface area contributed by atoms with Gasteiger partial charge in [0.15, 0.2) is 5.82 Å². The van der Waals surface area contributed by atoms with Gasteiger partial charge in [-0.25, -0.2) is 18.2 Å². The van der Waals surface area contributed by atoms with Gasteiger partial charge in [0.1, 0.15) is 11.9 Å². The second kappa shape index (κ2) is 8.74. The summed E-state index contributed by atoms with van der Waals surface area (Å²) >= 11 is 0. The number of pyridine rings is 1. The summed E-state index contributed by atoms with van der Waals surface area (Å²) in [7, 11) is -3.22. The number of carbonyl (C=O) groups excluding carboxylic acids is 1. The Morgan fingerprint density at radius 3 is 2.81 bits per heavy atom. The zero-order valence-corrected chi connectivity index (χ0v) is 18.5. The molecule has 0 bridgehead atoms. The molecule has 2 aromatic heterocycles. The van der Waals surface area contributed by atoms with Gasteiger partial charge >= 0.3 is 6.09 Å². The SMILES string of the molecule is CC(C)NC(=O)O[C@H]1CC[C@@H](c2cc(Nc3ccc(N4CCCS4(=O)=O)cn3)n[nH]2)C1. The van der Waals surface area contributed by atoms with Crippen LogP contribution < -0.4 is 14.9 Å². The maximum atomic E-state index is 12.0. The average Bonchev–Trinajstić information content (AvgIpc) is 3.42. The third kappa shape index (κ3) is 5.09. The zero-order chi connectivity index (χ0) is 22.0. The lowest BCUT2D eigenvalue weighted by atomic mass is 10.0. The quantitative estimate of drug-likeness (QED) is 0.619. The van der Waals surface area contributed by atoms with Crippen LogP contribution in [0.2, 0.25) is 0 Å². The highest BCUT2D eigenvalue weighted by atomic mass is 32.2. The van der Waals surface area contributed by atoms with E-state index in [4.69, 9.17) is 4.74 Å². The third-order valence-electron chi connectivity index (χ3n) is 5.49. The van der Waals surface area contributed by atoms with E-state index in [9.17, 15) is 13.2 Å². The minimum Gasteiger partial charge on any atom is -0.446 e. The van der Waals surface area contributed by atoms with E-state index in [1.807, 2.05) is 19.9 Å². The van der Waals surface area contributed by atoms with Gasteiger partial charge in [-0.05, 0) is 51.7 Å². The van der Waals surface area contributed by atoms with Crippen molar-refractivity contribution in [3.63, 3.8) is 0 Å². The number of hydrogen-bond acceptors (Lipinski definition) is 7. The van der Waals surface area contributed by atoms with E-state index in [2.05, 4.69) is 25.8 Å². The van der Waals surface area contributed by atoms with E-state index in [1.54, 1.807) is 18.3 Å². The molecule has 0 aromatic carbocycles. The van der Waals surface area contributed by atoms with Gasteiger partial charge < -0.3 is 15.4 Å². The van der Waals surface area contributed by atoms with Crippen molar-refractivity contribution in [1.29, 1.82) is 0 Å². The van der Waals surface area contributed by atoms with Crippen LogP contribution in [0.1, 0.15) is 51.1 Å². The highest BCUT2D eigenvalue weighted by Gasteiger charge is 2.30. The highest BCUT2D eigenvalue weighted by molar-refractivity contribution is 7.93. The van der Waals surface area contributed by atoms with Crippen LogP contribution in [0.4, 0.5) is 22.1 Å². The molecule has 10 nitrogen and oxygen atoms in total.